The summed E-state index contributed by atoms with van der Waals surface area (Å²) in [6, 6.07) is 23.6. The summed E-state index contributed by atoms with van der Waals surface area (Å²) >= 11 is 0. The third kappa shape index (κ3) is 7.61. The first kappa shape index (κ1) is 27.3. The molecular weight excluding hydrogens is 500 g/mol. The minimum atomic E-state index is -0.687. The van der Waals surface area contributed by atoms with E-state index in [2.05, 4.69) is 4.98 Å². The molecule has 4 rings (SSSR count). The van der Waals surface area contributed by atoms with E-state index < -0.39 is 12.1 Å². The fourth-order valence-corrected chi connectivity index (χ4v) is 3.80. The van der Waals surface area contributed by atoms with Crippen LogP contribution in [0.5, 0.6) is 17.2 Å². The number of methoxy groups -OCH3 is 2. The Morgan fingerprint density at radius 1 is 0.897 bits per heavy atom. The summed E-state index contributed by atoms with van der Waals surface area (Å²) in [5.74, 6) is 2.35. The first-order valence-corrected chi connectivity index (χ1v) is 12.4. The molecule has 9 nitrogen and oxygen atoms in total. The highest BCUT2D eigenvalue weighted by atomic mass is 16.6. The van der Waals surface area contributed by atoms with Gasteiger partial charge < -0.3 is 23.4 Å². The number of nitrogens with zero attached hydrogens (tertiary/aromatic N) is 2. The smallest absolute Gasteiger partial charge is 0.416 e. The van der Waals surface area contributed by atoms with Crippen LogP contribution in [0, 0.1) is 6.92 Å². The molecule has 3 aromatic carbocycles. The maximum Gasteiger partial charge on any atom is 0.416 e. The Balaban J connectivity index is 1.38. The maximum absolute atomic E-state index is 12.9. The molecule has 202 valence electrons. The molecular formula is C30H30N2O7. The van der Waals surface area contributed by atoms with Crippen LogP contribution in [0.3, 0.4) is 0 Å². The molecule has 0 fully saturated rings. The van der Waals surface area contributed by atoms with Crippen LogP contribution < -0.4 is 14.2 Å². The zero-order valence-electron chi connectivity index (χ0n) is 22.1. The molecule has 0 spiro atoms. The number of rotatable bonds is 11. The predicted molar refractivity (Wildman–Crippen MR) is 144 cm³/mol. The Bertz CT molecular complexity index is 1380. The molecule has 0 atom stereocenters. The molecule has 1 aromatic heterocycles. The van der Waals surface area contributed by atoms with Gasteiger partial charge in [-0.3, -0.25) is 9.69 Å². The highest BCUT2D eigenvalue weighted by Gasteiger charge is 2.21. The van der Waals surface area contributed by atoms with E-state index in [0.717, 1.165) is 22.6 Å². The second kappa shape index (κ2) is 13.1. The molecule has 0 saturated carbocycles. The fraction of sp³-hybridized carbons (Fsp3) is 0.233. The minimum absolute atomic E-state index is 0.115. The predicted octanol–water partition coefficient (Wildman–Crippen LogP) is 5.45. The molecule has 0 saturated heterocycles. The summed E-state index contributed by atoms with van der Waals surface area (Å²) in [5.41, 5.74) is 2.50. The maximum atomic E-state index is 12.9. The lowest BCUT2D eigenvalue weighted by atomic mass is 10.2. The van der Waals surface area contributed by atoms with E-state index in [1.54, 1.807) is 31.4 Å². The molecule has 0 unspecified atom stereocenters. The van der Waals surface area contributed by atoms with Gasteiger partial charge in [0.2, 0.25) is 5.89 Å². The number of carbonyl (C=O) groups excluding carboxylic acids is 2. The molecule has 0 aliphatic carbocycles. The van der Waals surface area contributed by atoms with Gasteiger partial charge in [-0.1, -0.05) is 30.3 Å². The minimum Gasteiger partial charge on any atom is -0.497 e. The van der Waals surface area contributed by atoms with Crippen molar-refractivity contribution in [2.45, 2.75) is 19.9 Å². The summed E-state index contributed by atoms with van der Waals surface area (Å²) in [6.45, 7) is 2.11. The summed E-state index contributed by atoms with van der Waals surface area (Å²) < 4.78 is 27.1. The van der Waals surface area contributed by atoms with E-state index in [-0.39, 0.29) is 13.1 Å². The van der Waals surface area contributed by atoms with Crippen LogP contribution in [0.2, 0.25) is 0 Å². The number of amides is 1. The number of aromatic nitrogens is 1. The zero-order valence-corrected chi connectivity index (χ0v) is 22.1. The number of hydrogen-bond acceptors (Lipinski definition) is 8. The van der Waals surface area contributed by atoms with E-state index in [9.17, 15) is 9.59 Å². The molecule has 0 aliphatic rings. The van der Waals surface area contributed by atoms with E-state index in [0.29, 0.717) is 36.2 Å². The Morgan fingerprint density at radius 2 is 1.64 bits per heavy atom. The van der Waals surface area contributed by atoms with Crippen molar-refractivity contribution < 1.29 is 33.0 Å². The quantitative estimate of drug-likeness (QED) is 0.236. The first-order valence-electron chi connectivity index (χ1n) is 12.4. The van der Waals surface area contributed by atoms with Gasteiger partial charge in [0.05, 0.1) is 26.5 Å². The average Bonchev–Trinajstić information content (AvgIpc) is 3.33. The third-order valence-corrected chi connectivity index (χ3v) is 5.86. The zero-order chi connectivity index (χ0) is 27.6. The summed E-state index contributed by atoms with van der Waals surface area (Å²) in [4.78, 5) is 30.8. The van der Waals surface area contributed by atoms with Crippen molar-refractivity contribution in [3.8, 4) is 28.7 Å². The van der Waals surface area contributed by atoms with Crippen molar-refractivity contribution in [3.63, 3.8) is 0 Å². The number of carbonyl (C=O) groups is 2. The third-order valence-electron chi connectivity index (χ3n) is 5.86. The van der Waals surface area contributed by atoms with Crippen LogP contribution in [-0.4, -0.2) is 49.3 Å². The molecule has 0 N–H and O–H groups in total. The van der Waals surface area contributed by atoms with Crippen LogP contribution in [0.1, 0.15) is 17.0 Å². The van der Waals surface area contributed by atoms with Gasteiger partial charge >= 0.3 is 12.1 Å². The van der Waals surface area contributed by atoms with Gasteiger partial charge in [-0.15, -0.1) is 0 Å². The fourth-order valence-electron chi connectivity index (χ4n) is 3.80. The average molecular weight is 531 g/mol. The van der Waals surface area contributed by atoms with Gasteiger partial charge in [0.1, 0.15) is 29.6 Å². The normalized spacial score (nSPS) is 10.5. The summed E-state index contributed by atoms with van der Waals surface area (Å²) in [5, 5.41) is 0. The van der Waals surface area contributed by atoms with Crippen molar-refractivity contribution >= 4 is 12.1 Å². The van der Waals surface area contributed by atoms with Gasteiger partial charge in [-0.2, -0.15) is 0 Å². The van der Waals surface area contributed by atoms with Crippen molar-refractivity contribution in [2.75, 3.05) is 27.4 Å². The van der Waals surface area contributed by atoms with E-state index >= 15 is 0 Å². The highest BCUT2D eigenvalue weighted by Crippen LogP contribution is 2.23. The van der Waals surface area contributed by atoms with Gasteiger partial charge in [0.15, 0.2) is 0 Å². The summed E-state index contributed by atoms with van der Waals surface area (Å²) in [7, 11) is 2.82. The number of benzene rings is 3. The lowest BCUT2D eigenvalue weighted by Crippen LogP contribution is -2.37. The molecule has 39 heavy (non-hydrogen) atoms. The van der Waals surface area contributed by atoms with Gasteiger partial charge in [0.25, 0.3) is 0 Å². The van der Waals surface area contributed by atoms with Crippen LogP contribution in [0.25, 0.3) is 11.5 Å². The summed E-state index contributed by atoms with van der Waals surface area (Å²) in [6.07, 6.45) is -0.123. The monoisotopic (exact) mass is 530 g/mol. The molecule has 0 aliphatic heterocycles. The van der Waals surface area contributed by atoms with Crippen molar-refractivity contribution in [1.82, 2.24) is 9.88 Å². The van der Waals surface area contributed by atoms with Gasteiger partial charge in [-0.05, 0) is 61.0 Å². The second-order valence-electron chi connectivity index (χ2n) is 8.61. The Hall–Kier alpha value is -4.79. The molecule has 0 radical (unpaired) electrons. The standard InChI is InChI=1S/C30H30N2O7/c1-21-27(31-29(38-21)23-9-5-4-6-10-23)16-17-37-26-11-7-8-22(18-26)19-32(20-28(33)36-3)30(34)39-25-14-12-24(35-2)13-15-25/h4-15,18H,16-17,19-20H2,1-3H3. The van der Waals surface area contributed by atoms with Crippen molar-refractivity contribution in [2.24, 2.45) is 0 Å². The number of esters is 1. The Morgan fingerprint density at radius 3 is 2.36 bits per heavy atom. The molecule has 9 heteroatoms. The lowest BCUT2D eigenvalue weighted by Gasteiger charge is -2.21. The first-order chi connectivity index (χ1) is 18.9. The van der Waals surface area contributed by atoms with Crippen LogP contribution in [0.4, 0.5) is 4.79 Å². The molecule has 1 heterocycles. The van der Waals surface area contributed by atoms with Crippen molar-refractivity contribution in [1.29, 1.82) is 0 Å². The number of oxazole rings is 1. The Labute approximate surface area is 226 Å². The van der Waals surface area contributed by atoms with Crippen molar-refractivity contribution in [3.05, 3.63) is 95.9 Å². The second-order valence-corrected chi connectivity index (χ2v) is 8.61. The largest absolute Gasteiger partial charge is 0.497 e. The van der Waals surface area contributed by atoms with Gasteiger partial charge in [-0.25, -0.2) is 9.78 Å². The lowest BCUT2D eigenvalue weighted by molar-refractivity contribution is -0.141. The van der Waals surface area contributed by atoms with Crippen LogP contribution in [0.15, 0.2) is 83.3 Å². The number of hydrogen-bond donors (Lipinski definition) is 0. The molecule has 0 bridgehead atoms. The highest BCUT2D eigenvalue weighted by molar-refractivity contribution is 5.79. The molecule has 1 amide bonds. The van der Waals surface area contributed by atoms with Crippen LogP contribution in [-0.2, 0) is 22.5 Å². The van der Waals surface area contributed by atoms with E-state index in [1.807, 2.05) is 61.5 Å². The number of ether oxygens (including phenoxy) is 4. The number of aryl methyl sites for hydroxylation is 1. The SMILES string of the molecule is COC(=O)CN(Cc1cccc(OCCc2nc(-c3ccccc3)oc2C)c1)C(=O)Oc1ccc(OC)cc1. The Kier molecular flexibility index (Phi) is 9.18. The molecule has 4 aromatic rings. The van der Waals surface area contributed by atoms with Crippen LogP contribution >= 0.6 is 0 Å². The van der Waals surface area contributed by atoms with E-state index in [4.69, 9.17) is 23.4 Å². The van der Waals surface area contributed by atoms with Gasteiger partial charge in [0, 0.05) is 18.5 Å². The topological polar surface area (TPSA) is 100 Å². The van der Waals surface area contributed by atoms with E-state index in [1.165, 1.54) is 12.0 Å².